The van der Waals surface area contributed by atoms with Crippen LogP contribution in [0.2, 0.25) is 0 Å². The fourth-order valence-electron chi connectivity index (χ4n) is 1.69. The van der Waals surface area contributed by atoms with Crippen LogP contribution in [-0.4, -0.2) is 29.8 Å². The van der Waals surface area contributed by atoms with Gasteiger partial charge in [0.25, 0.3) is 0 Å². The van der Waals surface area contributed by atoms with Crippen LogP contribution >= 0.6 is 0 Å². The first-order valence-electron chi connectivity index (χ1n) is 5.78. The van der Waals surface area contributed by atoms with Crippen molar-refractivity contribution in [1.82, 2.24) is 9.97 Å². The summed E-state index contributed by atoms with van der Waals surface area (Å²) in [5.41, 5.74) is 1.83. The smallest absolute Gasteiger partial charge is 0.422 e. The molecule has 0 aliphatic heterocycles. The first kappa shape index (κ1) is 14.1. The van der Waals surface area contributed by atoms with Gasteiger partial charge >= 0.3 is 6.18 Å². The molecule has 0 spiro atoms. The normalized spacial score (nSPS) is 11.2. The van der Waals surface area contributed by atoms with Gasteiger partial charge in [-0.3, -0.25) is 4.98 Å². The van der Waals surface area contributed by atoms with Crippen LogP contribution < -0.4 is 10.1 Å². The predicted molar refractivity (Wildman–Crippen MR) is 68.6 cm³/mol. The Labute approximate surface area is 113 Å². The van der Waals surface area contributed by atoms with Crippen molar-refractivity contribution in [2.24, 2.45) is 0 Å². The van der Waals surface area contributed by atoms with Crippen molar-refractivity contribution in [2.75, 3.05) is 19.0 Å². The van der Waals surface area contributed by atoms with E-state index in [-0.39, 0.29) is 5.88 Å². The Balaban J connectivity index is 2.37. The molecule has 0 saturated carbocycles. The predicted octanol–water partition coefficient (Wildman–Crippen LogP) is 3.13. The minimum absolute atomic E-state index is 0.0625. The summed E-state index contributed by atoms with van der Waals surface area (Å²) in [4.78, 5) is 7.82. The van der Waals surface area contributed by atoms with Gasteiger partial charge < -0.3 is 10.1 Å². The lowest BCUT2D eigenvalue weighted by molar-refractivity contribution is -0.154. The fourth-order valence-corrected chi connectivity index (χ4v) is 1.69. The van der Waals surface area contributed by atoms with E-state index in [1.807, 2.05) is 0 Å². The summed E-state index contributed by atoms with van der Waals surface area (Å²) < 4.78 is 41.5. The highest BCUT2D eigenvalue weighted by Gasteiger charge is 2.29. The molecule has 0 aliphatic rings. The van der Waals surface area contributed by atoms with Crippen molar-refractivity contribution < 1.29 is 17.9 Å². The summed E-state index contributed by atoms with van der Waals surface area (Å²) in [5, 5.41) is 2.93. The number of anilines is 1. The van der Waals surface area contributed by atoms with Crippen LogP contribution in [0.25, 0.3) is 11.1 Å². The van der Waals surface area contributed by atoms with E-state index in [0.717, 1.165) is 0 Å². The van der Waals surface area contributed by atoms with Gasteiger partial charge in [-0.15, -0.1) is 0 Å². The van der Waals surface area contributed by atoms with Gasteiger partial charge in [0, 0.05) is 30.6 Å². The molecule has 106 valence electrons. The van der Waals surface area contributed by atoms with E-state index in [1.165, 1.54) is 6.20 Å². The van der Waals surface area contributed by atoms with E-state index in [4.69, 9.17) is 4.74 Å². The Morgan fingerprint density at radius 3 is 2.70 bits per heavy atom. The third-order valence-electron chi connectivity index (χ3n) is 2.52. The summed E-state index contributed by atoms with van der Waals surface area (Å²) in [6, 6.07) is 4.97. The van der Waals surface area contributed by atoms with E-state index < -0.39 is 12.8 Å². The average molecular weight is 283 g/mol. The Hall–Kier alpha value is -2.31. The van der Waals surface area contributed by atoms with Gasteiger partial charge in [-0.05, 0) is 18.2 Å². The lowest BCUT2D eigenvalue weighted by Crippen LogP contribution is -2.20. The van der Waals surface area contributed by atoms with Gasteiger partial charge in [0.15, 0.2) is 6.61 Å². The first-order valence-corrected chi connectivity index (χ1v) is 5.78. The van der Waals surface area contributed by atoms with E-state index >= 15 is 0 Å². The van der Waals surface area contributed by atoms with Crippen LogP contribution in [0.15, 0.2) is 36.8 Å². The number of ether oxygens (including phenoxy) is 1. The fraction of sp³-hybridized carbons (Fsp3) is 0.231. The highest BCUT2D eigenvalue weighted by molar-refractivity contribution is 5.79. The molecule has 0 unspecified atom stereocenters. The van der Waals surface area contributed by atoms with Gasteiger partial charge in [-0.2, -0.15) is 13.2 Å². The van der Waals surface area contributed by atoms with Crippen LogP contribution in [0.5, 0.6) is 5.88 Å². The number of hydrogen-bond donors (Lipinski definition) is 1. The third-order valence-corrected chi connectivity index (χ3v) is 2.52. The highest BCUT2D eigenvalue weighted by Crippen LogP contribution is 2.33. The molecule has 2 aromatic heterocycles. The van der Waals surface area contributed by atoms with Crippen LogP contribution in [0.1, 0.15) is 0 Å². The molecular formula is C13H12F3N3O. The summed E-state index contributed by atoms with van der Waals surface area (Å²) in [6.45, 7) is -1.38. The van der Waals surface area contributed by atoms with Crippen LogP contribution in [0.3, 0.4) is 0 Å². The second kappa shape index (κ2) is 5.77. The number of hydrogen-bond acceptors (Lipinski definition) is 4. The molecule has 0 atom stereocenters. The van der Waals surface area contributed by atoms with Crippen molar-refractivity contribution in [1.29, 1.82) is 0 Å². The number of aromatic nitrogens is 2. The molecule has 1 N–H and O–H groups in total. The van der Waals surface area contributed by atoms with Gasteiger partial charge in [0.2, 0.25) is 5.88 Å². The van der Waals surface area contributed by atoms with Gasteiger partial charge in [-0.1, -0.05) is 0 Å². The molecule has 0 aromatic carbocycles. The molecule has 20 heavy (non-hydrogen) atoms. The van der Waals surface area contributed by atoms with Crippen molar-refractivity contribution in [3.05, 3.63) is 36.8 Å². The summed E-state index contributed by atoms with van der Waals surface area (Å²) in [6.07, 6.45) is 0.112. The summed E-state index contributed by atoms with van der Waals surface area (Å²) in [5.74, 6) is -0.0625. The summed E-state index contributed by atoms with van der Waals surface area (Å²) in [7, 11) is 1.70. The largest absolute Gasteiger partial charge is 0.468 e. The third kappa shape index (κ3) is 3.37. The minimum atomic E-state index is -4.40. The Morgan fingerprint density at radius 2 is 2.00 bits per heavy atom. The van der Waals surface area contributed by atoms with Gasteiger partial charge in [0.05, 0.1) is 11.9 Å². The lowest BCUT2D eigenvalue weighted by atomic mass is 10.1. The Bertz CT molecular complexity index is 587. The Morgan fingerprint density at radius 1 is 1.20 bits per heavy atom. The number of alkyl halides is 3. The standard InChI is InChI=1S/C13H12F3N3O/c1-17-11-7-18-6-4-9(11)10-3-2-5-19-12(10)20-8-13(14,15)16/h2-7,17H,8H2,1H3. The molecule has 0 fully saturated rings. The second-order valence-corrected chi connectivity index (χ2v) is 3.93. The molecule has 2 heterocycles. The quantitative estimate of drug-likeness (QED) is 0.936. The zero-order valence-electron chi connectivity index (χ0n) is 10.6. The molecule has 4 nitrogen and oxygen atoms in total. The van der Waals surface area contributed by atoms with E-state index in [1.54, 1.807) is 37.6 Å². The van der Waals surface area contributed by atoms with Crippen molar-refractivity contribution in [3.63, 3.8) is 0 Å². The van der Waals surface area contributed by atoms with Crippen molar-refractivity contribution >= 4 is 5.69 Å². The molecule has 7 heteroatoms. The van der Waals surface area contributed by atoms with Crippen LogP contribution in [-0.2, 0) is 0 Å². The molecule has 0 radical (unpaired) electrons. The molecule has 0 aliphatic carbocycles. The molecule has 0 bridgehead atoms. The lowest BCUT2D eigenvalue weighted by Gasteiger charge is -2.14. The zero-order chi connectivity index (χ0) is 14.6. The summed E-state index contributed by atoms with van der Waals surface area (Å²) >= 11 is 0. The Kier molecular flexibility index (Phi) is 4.07. The van der Waals surface area contributed by atoms with Gasteiger partial charge in [0.1, 0.15) is 0 Å². The highest BCUT2D eigenvalue weighted by atomic mass is 19.4. The van der Waals surface area contributed by atoms with Crippen molar-refractivity contribution in [3.8, 4) is 17.0 Å². The number of nitrogens with zero attached hydrogens (tertiary/aromatic N) is 2. The maximum atomic E-state index is 12.2. The van der Waals surface area contributed by atoms with Crippen LogP contribution in [0.4, 0.5) is 18.9 Å². The molecule has 0 amide bonds. The maximum absolute atomic E-state index is 12.2. The average Bonchev–Trinajstić information content (AvgIpc) is 2.44. The van der Waals surface area contributed by atoms with Crippen LogP contribution in [0, 0.1) is 0 Å². The van der Waals surface area contributed by atoms with Gasteiger partial charge in [-0.25, -0.2) is 4.98 Å². The second-order valence-electron chi connectivity index (χ2n) is 3.93. The zero-order valence-corrected chi connectivity index (χ0v) is 10.6. The SMILES string of the molecule is CNc1cnccc1-c1cccnc1OCC(F)(F)F. The molecule has 2 aromatic rings. The number of halogens is 3. The number of nitrogens with one attached hydrogen (secondary N) is 1. The maximum Gasteiger partial charge on any atom is 0.422 e. The molecule has 2 rings (SSSR count). The molecule has 0 saturated heterocycles. The number of pyridine rings is 2. The topological polar surface area (TPSA) is 47.0 Å². The minimum Gasteiger partial charge on any atom is -0.468 e. The molecular weight excluding hydrogens is 271 g/mol. The first-order chi connectivity index (χ1) is 9.51. The number of rotatable bonds is 4. The van der Waals surface area contributed by atoms with Crippen molar-refractivity contribution in [2.45, 2.75) is 6.18 Å². The van der Waals surface area contributed by atoms with E-state index in [9.17, 15) is 13.2 Å². The van der Waals surface area contributed by atoms with E-state index in [2.05, 4.69) is 15.3 Å². The monoisotopic (exact) mass is 283 g/mol. The van der Waals surface area contributed by atoms with E-state index in [0.29, 0.717) is 16.8 Å².